The standard InChI is InChI=1S/C22H36N4O2/c1-2-5-18(6-3-1)8-9-20-23-24-21(26(20)15-19-7-4-13-28-19)25-12-10-22(16-25)11-14-27-17-22/h18-19H,1-17H2/t19-,22-/m1/s1. The third kappa shape index (κ3) is 3.95. The average Bonchev–Trinajstić information content (AvgIpc) is 3.52. The summed E-state index contributed by atoms with van der Waals surface area (Å²) in [6, 6.07) is 0. The third-order valence-corrected chi connectivity index (χ3v) is 7.63. The summed E-state index contributed by atoms with van der Waals surface area (Å²) >= 11 is 0. The Morgan fingerprint density at radius 1 is 1.00 bits per heavy atom. The minimum absolute atomic E-state index is 0.328. The normalized spacial score (nSPS) is 31.4. The maximum atomic E-state index is 5.97. The van der Waals surface area contributed by atoms with Crippen molar-refractivity contribution in [1.29, 1.82) is 0 Å². The van der Waals surface area contributed by atoms with Gasteiger partial charge in [0, 0.05) is 38.1 Å². The van der Waals surface area contributed by atoms with Crippen LogP contribution in [-0.4, -0.2) is 53.8 Å². The molecular formula is C22H36N4O2. The molecule has 3 aliphatic heterocycles. The maximum absolute atomic E-state index is 5.97. The summed E-state index contributed by atoms with van der Waals surface area (Å²) in [5.74, 6) is 3.15. The lowest BCUT2D eigenvalue weighted by Crippen LogP contribution is -2.30. The summed E-state index contributed by atoms with van der Waals surface area (Å²) in [6.07, 6.45) is 14.5. The Balaban J connectivity index is 1.31. The minimum atomic E-state index is 0.328. The van der Waals surface area contributed by atoms with Gasteiger partial charge in [-0.15, -0.1) is 10.2 Å². The van der Waals surface area contributed by atoms with Gasteiger partial charge in [0.25, 0.3) is 0 Å². The first-order valence-electron chi connectivity index (χ1n) is 11.7. The van der Waals surface area contributed by atoms with E-state index in [-0.39, 0.29) is 0 Å². The number of ether oxygens (including phenoxy) is 2. The van der Waals surface area contributed by atoms with E-state index in [0.717, 1.165) is 64.2 Å². The highest BCUT2D eigenvalue weighted by atomic mass is 16.5. The van der Waals surface area contributed by atoms with Crippen LogP contribution < -0.4 is 4.90 Å². The van der Waals surface area contributed by atoms with Crippen molar-refractivity contribution in [2.75, 3.05) is 37.8 Å². The molecule has 4 aliphatic rings. The number of hydrogen-bond acceptors (Lipinski definition) is 5. The van der Waals surface area contributed by atoms with Gasteiger partial charge in [0.2, 0.25) is 5.95 Å². The summed E-state index contributed by atoms with van der Waals surface area (Å²) in [7, 11) is 0. The molecule has 6 heteroatoms. The van der Waals surface area contributed by atoms with Gasteiger partial charge in [0.1, 0.15) is 5.82 Å². The van der Waals surface area contributed by atoms with Crippen LogP contribution in [0.2, 0.25) is 0 Å². The van der Waals surface area contributed by atoms with E-state index >= 15 is 0 Å². The highest BCUT2D eigenvalue weighted by Gasteiger charge is 2.42. The molecule has 0 radical (unpaired) electrons. The van der Waals surface area contributed by atoms with Crippen LogP contribution in [0.4, 0.5) is 5.95 Å². The second-order valence-electron chi connectivity index (χ2n) is 9.68. The Bertz CT molecular complexity index is 643. The van der Waals surface area contributed by atoms with E-state index in [9.17, 15) is 0 Å². The fourth-order valence-electron chi connectivity index (χ4n) is 5.81. The van der Waals surface area contributed by atoms with E-state index in [0.29, 0.717) is 11.5 Å². The van der Waals surface area contributed by atoms with E-state index in [1.54, 1.807) is 0 Å². The summed E-state index contributed by atoms with van der Waals surface area (Å²) in [6.45, 7) is 5.81. The summed E-state index contributed by atoms with van der Waals surface area (Å²) < 4.78 is 14.1. The van der Waals surface area contributed by atoms with Crippen molar-refractivity contribution >= 4 is 5.95 Å². The van der Waals surface area contributed by atoms with Crippen molar-refractivity contribution in [2.24, 2.45) is 11.3 Å². The van der Waals surface area contributed by atoms with Gasteiger partial charge in [-0.2, -0.15) is 0 Å². The molecule has 4 fully saturated rings. The molecule has 1 spiro atoms. The van der Waals surface area contributed by atoms with E-state index in [4.69, 9.17) is 14.6 Å². The Morgan fingerprint density at radius 2 is 1.93 bits per heavy atom. The van der Waals surface area contributed by atoms with Crippen LogP contribution in [0.15, 0.2) is 0 Å². The Hall–Kier alpha value is -1.14. The molecule has 1 aromatic heterocycles. The van der Waals surface area contributed by atoms with Crippen molar-refractivity contribution in [1.82, 2.24) is 14.8 Å². The zero-order chi connectivity index (χ0) is 18.8. The van der Waals surface area contributed by atoms with Gasteiger partial charge >= 0.3 is 0 Å². The van der Waals surface area contributed by atoms with E-state index < -0.39 is 0 Å². The zero-order valence-corrected chi connectivity index (χ0v) is 17.3. The fourth-order valence-corrected chi connectivity index (χ4v) is 5.81. The largest absolute Gasteiger partial charge is 0.381 e. The average molecular weight is 389 g/mol. The lowest BCUT2D eigenvalue weighted by molar-refractivity contribution is 0.0963. The Labute approximate surface area is 169 Å². The first-order chi connectivity index (χ1) is 13.8. The van der Waals surface area contributed by atoms with Gasteiger partial charge in [-0.1, -0.05) is 32.1 Å². The summed E-state index contributed by atoms with van der Waals surface area (Å²) in [5, 5.41) is 9.39. The van der Waals surface area contributed by atoms with Gasteiger partial charge < -0.3 is 14.4 Å². The molecular weight excluding hydrogens is 352 g/mol. The highest BCUT2D eigenvalue weighted by Crippen LogP contribution is 2.40. The molecule has 0 N–H and O–H groups in total. The SMILES string of the molecule is C1CCC(CCc2nnc(N3CC[C@@]4(CCOC4)C3)n2C[C@H]2CCCO2)CC1. The maximum Gasteiger partial charge on any atom is 0.227 e. The molecule has 1 saturated carbocycles. The number of anilines is 1. The molecule has 0 bridgehead atoms. The second-order valence-corrected chi connectivity index (χ2v) is 9.68. The molecule has 28 heavy (non-hydrogen) atoms. The molecule has 1 aliphatic carbocycles. The summed E-state index contributed by atoms with van der Waals surface area (Å²) in [5.41, 5.74) is 0.350. The molecule has 0 amide bonds. The topological polar surface area (TPSA) is 52.4 Å². The van der Waals surface area contributed by atoms with E-state index in [1.165, 1.54) is 63.6 Å². The van der Waals surface area contributed by atoms with Crippen molar-refractivity contribution in [3.05, 3.63) is 5.82 Å². The predicted molar refractivity (Wildman–Crippen MR) is 109 cm³/mol. The molecule has 5 rings (SSSR count). The van der Waals surface area contributed by atoms with Gasteiger partial charge in [-0.3, -0.25) is 4.57 Å². The number of nitrogens with zero attached hydrogens (tertiary/aromatic N) is 4. The number of aromatic nitrogens is 3. The van der Waals surface area contributed by atoms with Crippen LogP contribution in [0.5, 0.6) is 0 Å². The number of rotatable bonds is 6. The van der Waals surface area contributed by atoms with Gasteiger partial charge in [0.15, 0.2) is 0 Å². The van der Waals surface area contributed by atoms with Crippen molar-refractivity contribution in [3.63, 3.8) is 0 Å². The first-order valence-corrected chi connectivity index (χ1v) is 11.7. The van der Waals surface area contributed by atoms with Crippen molar-refractivity contribution in [2.45, 2.75) is 83.3 Å². The van der Waals surface area contributed by atoms with Crippen LogP contribution in [0, 0.1) is 11.3 Å². The zero-order valence-electron chi connectivity index (χ0n) is 17.3. The smallest absolute Gasteiger partial charge is 0.227 e. The van der Waals surface area contributed by atoms with Crippen LogP contribution in [0.3, 0.4) is 0 Å². The lowest BCUT2D eigenvalue weighted by atomic mass is 9.86. The molecule has 2 atom stereocenters. The van der Waals surface area contributed by atoms with E-state index in [2.05, 4.69) is 14.6 Å². The number of hydrogen-bond donors (Lipinski definition) is 0. The van der Waals surface area contributed by atoms with Crippen LogP contribution in [-0.2, 0) is 22.4 Å². The van der Waals surface area contributed by atoms with Crippen LogP contribution in [0.25, 0.3) is 0 Å². The van der Waals surface area contributed by atoms with Crippen molar-refractivity contribution < 1.29 is 9.47 Å². The van der Waals surface area contributed by atoms with Crippen LogP contribution >= 0.6 is 0 Å². The highest BCUT2D eigenvalue weighted by molar-refractivity contribution is 5.34. The quantitative estimate of drug-likeness (QED) is 0.745. The van der Waals surface area contributed by atoms with Gasteiger partial charge in [-0.05, 0) is 38.0 Å². The number of aryl methyl sites for hydroxylation is 1. The fraction of sp³-hybridized carbons (Fsp3) is 0.909. The molecule has 3 saturated heterocycles. The monoisotopic (exact) mass is 388 g/mol. The summed E-state index contributed by atoms with van der Waals surface area (Å²) in [4.78, 5) is 2.47. The minimum Gasteiger partial charge on any atom is -0.381 e. The lowest BCUT2D eigenvalue weighted by Gasteiger charge is -2.24. The molecule has 0 unspecified atom stereocenters. The molecule has 156 valence electrons. The van der Waals surface area contributed by atoms with Gasteiger partial charge in [0.05, 0.1) is 19.3 Å². The molecule has 0 aromatic carbocycles. The predicted octanol–water partition coefficient (Wildman–Crippen LogP) is 3.59. The Morgan fingerprint density at radius 3 is 2.71 bits per heavy atom. The molecule has 6 nitrogen and oxygen atoms in total. The van der Waals surface area contributed by atoms with E-state index in [1.807, 2.05) is 0 Å². The Kier molecular flexibility index (Phi) is 5.60. The van der Waals surface area contributed by atoms with Crippen LogP contribution in [0.1, 0.15) is 70.0 Å². The molecule has 1 aromatic rings. The van der Waals surface area contributed by atoms with Crippen molar-refractivity contribution in [3.8, 4) is 0 Å². The third-order valence-electron chi connectivity index (χ3n) is 7.63. The second kappa shape index (κ2) is 8.31. The van der Waals surface area contributed by atoms with Gasteiger partial charge in [-0.25, -0.2) is 0 Å². The molecule has 4 heterocycles. The first kappa shape index (κ1) is 18.9.